The van der Waals surface area contributed by atoms with Crippen LogP contribution < -0.4 is 5.32 Å². The Morgan fingerprint density at radius 2 is 1.95 bits per heavy atom. The van der Waals surface area contributed by atoms with Crippen LogP contribution in [0.3, 0.4) is 0 Å². The predicted molar refractivity (Wildman–Crippen MR) is 83.3 cm³/mol. The number of benzene rings is 1. The van der Waals surface area contributed by atoms with Crippen molar-refractivity contribution in [2.75, 3.05) is 25.0 Å². The van der Waals surface area contributed by atoms with Gasteiger partial charge in [-0.2, -0.15) is 0 Å². The molecule has 0 radical (unpaired) electrons. The fourth-order valence-electron chi connectivity index (χ4n) is 3.63. The standard InChI is InChI=1S/C17H24N2O2/c20-17(18-15-8-2-1-3-9-15)21-13-14-7-6-12-19-11-5-4-10-16(14)19/h1-3,8-9,14,16H,4-7,10-13H2,(H,18,20)/t14-,16-/m1/s1. The van der Waals surface area contributed by atoms with Crippen molar-refractivity contribution >= 4 is 11.8 Å². The molecule has 114 valence electrons. The van der Waals surface area contributed by atoms with Crippen molar-refractivity contribution in [2.24, 2.45) is 5.92 Å². The first-order chi connectivity index (χ1) is 10.3. The van der Waals surface area contributed by atoms with E-state index in [-0.39, 0.29) is 6.09 Å². The molecule has 1 aromatic rings. The van der Waals surface area contributed by atoms with E-state index in [0.717, 1.165) is 5.69 Å². The van der Waals surface area contributed by atoms with Crippen LogP contribution in [0.5, 0.6) is 0 Å². The monoisotopic (exact) mass is 288 g/mol. The molecule has 0 unspecified atom stereocenters. The Bertz CT molecular complexity index is 461. The lowest BCUT2D eigenvalue weighted by Gasteiger charge is -2.44. The van der Waals surface area contributed by atoms with Crippen molar-refractivity contribution in [3.05, 3.63) is 30.3 Å². The molecule has 2 fully saturated rings. The van der Waals surface area contributed by atoms with Gasteiger partial charge in [0.2, 0.25) is 0 Å². The third kappa shape index (κ3) is 3.76. The van der Waals surface area contributed by atoms with E-state index < -0.39 is 0 Å². The summed E-state index contributed by atoms with van der Waals surface area (Å²) in [7, 11) is 0. The number of para-hydroxylation sites is 1. The minimum atomic E-state index is -0.339. The topological polar surface area (TPSA) is 41.6 Å². The van der Waals surface area contributed by atoms with Gasteiger partial charge in [-0.3, -0.25) is 10.2 Å². The van der Waals surface area contributed by atoms with E-state index >= 15 is 0 Å². The van der Waals surface area contributed by atoms with Crippen LogP contribution in [0.25, 0.3) is 0 Å². The molecule has 1 N–H and O–H groups in total. The molecule has 0 aliphatic carbocycles. The number of carbonyl (C=O) groups is 1. The summed E-state index contributed by atoms with van der Waals surface area (Å²) in [6.45, 7) is 2.98. The van der Waals surface area contributed by atoms with Crippen LogP contribution in [0.4, 0.5) is 10.5 Å². The third-order valence-electron chi connectivity index (χ3n) is 4.68. The van der Waals surface area contributed by atoms with E-state index in [9.17, 15) is 4.79 Å². The average molecular weight is 288 g/mol. The highest BCUT2D eigenvalue weighted by atomic mass is 16.5. The van der Waals surface area contributed by atoms with E-state index in [1.807, 2.05) is 30.3 Å². The Kier molecular flexibility index (Phi) is 4.76. The first kappa shape index (κ1) is 14.4. The molecule has 2 aliphatic heterocycles. The molecule has 4 nitrogen and oxygen atoms in total. The SMILES string of the molecule is O=C(Nc1ccccc1)OC[C@H]1CCCN2CCCC[C@H]12. The first-order valence-electron chi connectivity index (χ1n) is 8.06. The lowest BCUT2D eigenvalue weighted by molar-refractivity contribution is 0.0261. The molecule has 0 saturated carbocycles. The number of carbonyl (C=O) groups excluding carboxylic acids is 1. The van der Waals surface area contributed by atoms with Crippen molar-refractivity contribution in [1.82, 2.24) is 4.90 Å². The van der Waals surface area contributed by atoms with Gasteiger partial charge in [-0.05, 0) is 50.9 Å². The van der Waals surface area contributed by atoms with Gasteiger partial charge in [0, 0.05) is 17.6 Å². The van der Waals surface area contributed by atoms with E-state index in [1.165, 1.54) is 45.2 Å². The van der Waals surface area contributed by atoms with Crippen LogP contribution in [0, 0.1) is 5.92 Å². The summed E-state index contributed by atoms with van der Waals surface area (Å²) in [5, 5.41) is 2.78. The minimum absolute atomic E-state index is 0.339. The maximum Gasteiger partial charge on any atom is 0.411 e. The minimum Gasteiger partial charge on any atom is -0.449 e. The van der Waals surface area contributed by atoms with Crippen LogP contribution in [0.2, 0.25) is 0 Å². The van der Waals surface area contributed by atoms with Gasteiger partial charge in [-0.1, -0.05) is 24.6 Å². The van der Waals surface area contributed by atoms with E-state index in [4.69, 9.17) is 4.74 Å². The number of hydrogen-bond acceptors (Lipinski definition) is 3. The summed E-state index contributed by atoms with van der Waals surface area (Å²) in [6.07, 6.45) is 5.96. The van der Waals surface area contributed by atoms with Gasteiger partial charge >= 0.3 is 6.09 Å². The number of rotatable bonds is 3. The maximum atomic E-state index is 11.9. The fourth-order valence-corrected chi connectivity index (χ4v) is 3.63. The van der Waals surface area contributed by atoms with Crippen molar-refractivity contribution in [2.45, 2.75) is 38.1 Å². The number of piperidine rings is 2. The zero-order valence-electron chi connectivity index (χ0n) is 12.5. The van der Waals surface area contributed by atoms with Gasteiger partial charge in [0.15, 0.2) is 0 Å². The number of amides is 1. The molecule has 2 saturated heterocycles. The molecule has 2 aliphatic rings. The van der Waals surface area contributed by atoms with Crippen LogP contribution >= 0.6 is 0 Å². The molecule has 4 heteroatoms. The van der Waals surface area contributed by atoms with E-state index in [2.05, 4.69) is 10.2 Å². The first-order valence-corrected chi connectivity index (χ1v) is 8.06. The number of ether oxygens (including phenoxy) is 1. The fraction of sp³-hybridized carbons (Fsp3) is 0.588. The quantitative estimate of drug-likeness (QED) is 0.925. The van der Waals surface area contributed by atoms with Crippen molar-refractivity contribution in [1.29, 1.82) is 0 Å². The summed E-state index contributed by atoms with van der Waals surface area (Å²) in [5.41, 5.74) is 0.783. The van der Waals surface area contributed by atoms with E-state index in [1.54, 1.807) is 0 Å². The summed E-state index contributed by atoms with van der Waals surface area (Å²) in [5.74, 6) is 0.501. The van der Waals surface area contributed by atoms with Gasteiger partial charge in [0.1, 0.15) is 0 Å². The Hall–Kier alpha value is -1.55. The van der Waals surface area contributed by atoms with Gasteiger partial charge in [-0.25, -0.2) is 4.79 Å². The van der Waals surface area contributed by atoms with Gasteiger partial charge in [0.25, 0.3) is 0 Å². The summed E-state index contributed by atoms with van der Waals surface area (Å²) >= 11 is 0. The molecule has 3 rings (SSSR count). The number of nitrogens with zero attached hydrogens (tertiary/aromatic N) is 1. The average Bonchev–Trinajstić information content (AvgIpc) is 2.54. The number of anilines is 1. The Morgan fingerprint density at radius 3 is 2.81 bits per heavy atom. The Balaban J connectivity index is 1.48. The molecule has 1 aromatic carbocycles. The van der Waals surface area contributed by atoms with Gasteiger partial charge in [-0.15, -0.1) is 0 Å². The van der Waals surface area contributed by atoms with Crippen LogP contribution in [-0.2, 0) is 4.74 Å². The van der Waals surface area contributed by atoms with Gasteiger partial charge < -0.3 is 4.74 Å². The molecule has 1 amide bonds. The summed E-state index contributed by atoms with van der Waals surface area (Å²) < 4.78 is 5.46. The second kappa shape index (κ2) is 6.94. The van der Waals surface area contributed by atoms with Gasteiger partial charge in [0.05, 0.1) is 6.61 Å². The predicted octanol–water partition coefficient (Wildman–Crippen LogP) is 3.50. The van der Waals surface area contributed by atoms with Crippen LogP contribution in [0.15, 0.2) is 30.3 Å². The third-order valence-corrected chi connectivity index (χ3v) is 4.68. The zero-order valence-corrected chi connectivity index (χ0v) is 12.5. The number of hydrogen-bond donors (Lipinski definition) is 1. The molecular weight excluding hydrogens is 264 g/mol. The molecule has 0 bridgehead atoms. The van der Waals surface area contributed by atoms with Crippen LogP contribution in [-0.4, -0.2) is 36.7 Å². The van der Waals surface area contributed by atoms with Crippen molar-refractivity contribution in [3.8, 4) is 0 Å². The normalized spacial score (nSPS) is 25.9. The highest BCUT2D eigenvalue weighted by Gasteiger charge is 2.33. The van der Waals surface area contributed by atoms with Crippen molar-refractivity contribution in [3.63, 3.8) is 0 Å². The number of nitrogens with one attached hydrogen (secondary N) is 1. The molecule has 2 heterocycles. The summed E-state index contributed by atoms with van der Waals surface area (Å²) in [4.78, 5) is 14.5. The zero-order chi connectivity index (χ0) is 14.5. The molecule has 21 heavy (non-hydrogen) atoms. The maximum absolute atomic E-state index is 11.9. The second-order valence-corrected chi connectivity index (χ2v) is 6.09. The largest absolute Gasteiger partial charge is 0.449 e. The Morgan fingerprint density at radius 1 is 1.14 bits per heavy atom. The Labute approximate surface area is 126 Å². The second-order valence-electron chi connectivity index (χ2n) is 6.09. The highest BCUT2D eigenvalue weighted by Crippen LogP contribution is 2.31. The highest BCUT2D eigenvalue weighted by molar-refractivity contribution is 5.84. The molecule has 0 aromatic heterocycles. The van der Waals surface area contributed by atoms with Crippen molar-refractivity contribution < 1.29 is 9.53 Å². The molecule has 2 atom stereocenters. The molecular formula is C17H24N2O2. The number of fused-ring (bicyclic) bond motifs is 1. The van der Waals surface area contributed by atoms with Crippen LogP contribution in [0.1, 0.15) is 32.1 Å². The lowest BCUT2D eigenvalue weighted by atomic mass is 9.84. The summed E-state index contributed by atoms with van der Waals surface area (Å²) in [6, 6.07) is 10.1. The lowest BCUT2D eigenvalue weighted by Crippen LogP contribution is -2.49. The smallest absolute Gasteiger partial charge is 0.411 e. The van der Waals surface area contributed by atoms with E-state index in [0.29, 0.717) is 18.6 Å². The molecule has 0 spiro atoms.